The van der Waals surface area contributed by atoms with Crippen molar-refractivity contribution >= 4 is 21.6 Å². The highest BCUT2D eigenvalue weighted by Crippen LogP contribution is 2.35. The lowest BCUT2D eigenvalue weighted by Gasteiger charge is -2.40. The molecule has 1 saturated carbocycles. The summed E-state index contributed by atoms with van der Waals surface area (Å²) in [6.45, 7) is 0.617. The lowest BCUT2D eigenvalue weighted by Crippen LogP contribution is -2.42. The first-order valence-corrected chi connectivity index (χ1v) is 6.60. The van der Waals surface area contributed by atoms with Crippen molar-refractivity contribution in [1.82, 2.24) is 9.78 Å². The van der Waals surface area contributed by atoms with Gasteiger partial charge in [-0.05, 0) is 42.1 Å². The van der Waals surface area contributed by atoms with E-state index in [0.29, 0.717) is 10.4 Å². The quantitative estimate of drug-likeness (QED) is 0.920. The molecule has 1 aromatic rings. The number of hydrogen-bond donors (Lipinski definition) is 1. The highest BCUT2D eigenvalue weighted by molar-refractivity contribution is 9.10. The smallest absolute Gasteiger partial charge is 0.378 e. The van der Waals surface area contributed by atoms with Crippen LogP contribution in [0.1, 0.15) is 26.2 Å². The largest absolute Gasteiger partial charge is 0.408 e. The van der Waals surface area contributed by atoms with Gasteiger partial charge in [-0.3, -0.25) is 4.79 Å². The van der Waals surface area contributed by atoms with Gasteiger partial charge in [-0.2, -0.15) is 18.3 Å². The average Bonchev–Trinajstić information content (AvgIpc) is 2.25. The molecule has 19 heavy (non-hydrogen) atoms. The molecule has 0 aromatic carbocycles. The molecule has 0 spiro atoms. The number of rotatable bonds is 3. The predicted molar refractivity (Wildman–Crippen MR) is 68.1 cm³/mol. The first-order valence-electron chi connectivity index (χ1n) is 5.81. The number of nitrogens with one attached hydrogen (secondary N) is 1. The monoisotopic (exact) mass is 339 g/mol. The van der Waals surface area contributed by atoms with Gasteiger partial charge in [-0.1, -0.05) is 0 Å². The number of halogens is 4. The van der Waals surface area contributed by atoms with Crippen LogP contribution in [0.2, 0.25) is 0 Å². The zero-order valence-electron chi connectivity index (χ0n) is 10.2. The maximum Gasteiger partial charge on any atom is 0.408 e. The molecule has 8 heteroatoms. The molecule has 1 aliphatic rings. The molecule has 0 aliphatic heterocycles. The van der Waals surface area contributed by atoms with Gasteiger partial charge in [0.05, 0.1) is 11.9 Å². The molecule has 4 nitrogen and oxygen atoms in total. The van der Waals surface area contributed by atoms with Crippen LogP contribution in [0.3, 0.4) is 0 Å². The Morgan fingerprint density at radius 2 is 2.16 bits per heavy atom. The molecule has 1 fully saturated rings. The molecule has 0 atom stereocenters. The normalized spacial score (nSPS) is 17.9. The summed E-state index contributed by atoms with van der Waals surface area (Å²) < 4.78 is 37.3. The fourth-order valence-corrected chi connectivity index (χ4v) is 2.40. The van der Waals surface area contributed by atoms with E-state index in [9.17, 15) is 18.0 Å². The van der Waals surface area contributed by atoms with Crippen molar-refractivity contribution in [3.63, 3.8) is 0 Å². The predicted octanol–water partition coefficient (Wildman–Crippen LogP) is 2.92. The van der Waals surface area contributed by atoms with Crippen LogP contribution in [0.15, 0.2) is 15.5 Å². The molecule has 0 amide bonds. The molecule has 1 aliphatic carbocycles. The Labute approximate surface area is 116 Å². The van der Waals surface area contributed by atoms with Crippen LogP contribution in [-0.4, -0.2) is 21.5 Å². The van der Waals surface area contributed by atoms with Crippen molar-refractivity contribution in [2.45, 2.75) is 44.4 Å². The first-order chi connectivity index (χ1) is 8.70. The molecule has 1 heterocycles. The Kier molecular flexibility index (Phi) is 3.63. The summed E-state index contributed by atoms with van der Waals surface area (Å²) in [5.74, 6) is 0. The zero-order valence-corrected chi connectivity index (χ0v) is 11.8. The molecule has 0 bridgehead atoms. The highest BCUT2D eigenvalue weighted by atomic mass is 79.9. The zero-order chi connectivity index (χ0) is 14.3. The SMILES string of the molecule is CC1(Nc2cnn(CC(F)(F)F)c(=O)c2Br)CCC1. The third-order valence-electron chi connectivity index (χ3n) is 3.21. The maximum absolute atomic E-state index is 12.3. The van der Waals surface area contributed by atoms with Gasteiger partial charge in [0, 0.05) is 5.54 Å². The molecule has 0 unspecified atom stereocenters. The Morgan fingerprint density at radius 3 is 2.63 bits per heavy atom. The van der Waals surface area contributed by atoms with E-state index in [1.165, 1.54) is 6.20 Å². The van der Waals surface area contributed by atoms with Crippen LogP contribution in [0.5, 0.6) is 0 Å². The topological polar surface area (TPSA) is 46.9 Å². The minimum Gasteiger partial charge on any atom is -0.378 e. The van der Waals surface area contributed by atoms with Crippen LogP contribution in [0.4, 0.5) is 18.9 Å². The lowest BCUT2D eigenvalue weighted by atomic mass is 9.78. The Bertz CT molecular complexity index is 537. The second-order valence-electron chi connectivity index (χ2n) is 4.99. The van der Waals surface area contributed by atoms with Gasteiger partial charge in [0.2, 0.25) is 0 Å². The second-order valence-corrected chi connectivity index (χ2v) is 5.78. The van der Waals surface area contributed by atoms with Crippen molar-refractivity contribution < 1.29 is 13.2 Å². The molecule has 0 radical (unpaired) electrons. The third-order valence-corrected chi connectivity index (χ3v) is 3.97. The fraction of sp³-hybridized carbons (Fsp3) is 0.636. The number of anilines is 1. The van der Waals surface area contributed by atoms with Crippen molar-refractivity contribution in [2.75, 3.05) is 5.32 Å². The van der Waals surface area contributed by atoms with Crippen molar-refractivity contribution in [2.24, 2.45) is 0 Å². The van der Waals surface area contributed by atoms with E-state index in [2.05, 4.69) is 26.3 Å². The summed E-state index contributed by atoms with van der Waals surface area (Å²) in [7, 11) is 0. The van der Waals surface area contributed by atoms with Crippen molar-refractivity contribution in [1.29, 1.82) is 0 Å². The van der Waals surface area contributed by atoms with Gasteiger partial charge in [-0.25, -0.2) is 4.68 Å². The molecule has 2 rings (SSSR count). The van der Waals surface area contributed by atoms with Crippen molar-refractivity contribution in [3.05, 3.63) is 21.0 Å². The fourth-order valence-electron chi connectivity index (χ4n) is 1.99. The maximum atomic E-state index is 12.3. The number of alkyl halides is 3. The van der Waals surface area contributed by atoms with E-state index in [1.54, 1.807) is 0 Å². The summed E-state index contributed by atoms with van der Waals surface area (Å²) in [5, 5.41) is 6.71. The summed E-state index contributed by atoms with van der Waals surface area (Å²) in [5.41, 5.74) is -0.455. The molecular weight excluding hydrogens is 327 g/mol. The summed E-state index contributed by atoms with van der Waals surface area (Å²) in [6, 6.07) is 0. The van der Waals surface area contributed by atoms with Gasteiger partial charge in [0.15, 0.2) is 0 Å². The lowest BCUT2D eigenvalue weighted by molar-refractivity contribution is -0.143. The standard InChI is InChI=1S/C11H13BrF3N3O/c1-10(3-2-4-10)17-7-5-16-18(6-11(13,14)15)9(19)8(7)12/h5,17H,2-4,6H2,1H3. The molecule has 0 saturated heterocycles. The van der Waals surface area contributed by atoms with E-state index >= 15 is 0 Å². The molecule has 1 N–H and O–H groups in total. The van der Waals surface area contributed by atoms with Crippen molar-refractivity contribution in [3.8, 4) is 0 Å². The van der Waals surface area contributed by atoms with E-state index in [-0.39, 0.29) is 10.0 Å². The summed E-state index contributed by atoms with van der Waals surface area (Å²) in [6.07, 6.45) is -0.193. The Morgan fingerprint density at radius 1 is 1.53 bits per heavy atom. The van der Waals surface area contributed by atoms with E-state index in [1.807, 2.05) is 6.92 Å². The minimum absolute atomic E-state index is 0.0832. The Balaban J connectivity index is 2.24. The van der Waals surface area contributed by atoms with Crippen LogP contribution < -0.4 is 10.9 Å². The van der Waals surface area contributed by atoms with Crippen LogP contribution in [0, 0.1) is 0 Å². The average molecular weight is 340 g/mol. The highest BCUT2D eigenvalue weighted by Gasteiger charge is 2.33. The number of hydrogen-bond acceptors (Lipinski definition) is 3. The summed E-state index contributed by atoms with van der Waals surface area (Å²) >= 11 is 3.04. The number of aromatic nitrogens is 2. The molecule has 106 valence electrons. The van der Waals surface area contributed by atoms with Gasteiger partial charge >= 0.3 is 6.18 Å². The minimum atomic E-state index is -4.47. The van der Waals surface area contributed by atoms with Gasteiger partial charge < -0.3 is 5.32 Å². The van der Waals surface area contributed by atoms with E-state index < -0.39 is 18.3 Å². The Hall–Kier alpha value is -1.05. The summed E-state index contributed by atoms with van der Waals surface area (Å²) in [4.78, 5) is 11.8. The number of nitrogens with zero attached hydrogens (tertiary/aromatic N) is 2. The van der Waals surface area contributed by atoms with Gasteiger partial charge in [-0.15, -0.1) is 0 Å². The third kappa shape index (κ3) is 3.29. The van der Waals surface area contributed by atoms with E-state index in [4.69, 9.17) is 0 Å². The van der Waals surface area contributed by atoms with Crippen LogP contribution in [0.25, 0.3) is 0 Å². The van der Waals surface area contributed by atoms with Crippen LogP contribution >= 0.6 is 15.9 Å². The van der Waals surface area contributed by atoms with Crippen LogP contribution in [-0.2, 0) is 6.54 Å². The molecule has 1 aromatic heterocycles. The van der Waals surface area contributed by atoms with E-state index in [0.717, 1.165) is 19.3 Å². The van der Waals surface area contributed by atoms with Gasteiger partial charge in [0.1, 0.15) is 11.0 Å². The van der Waals surface area contributed by atoms with Gasteiger partial charge in [0.25, 0.3) is 5.56 Å². The molecular formula is C11H13BrF3N3O. The second kappa shape index (κ2) is 4.81. The first kappa shape index (κ1) is 14.4.